The highest BCUT2D eigenvalue weighted by Crippen LogP contribution is 2.24. The topological polar surface area (TPSA) is 50.2 Å². The fraction of sp³-hybridized carbons (Fsp3) is 0.261. The summed E-state index contributed by atoms with van der Waals surface area (Å²) in [5, 5.41) is 13.3. The van der Waals surface area contributed by atoms with Crippen molar-refractivity contribution < 1.29 is 9.90 Å². The molecule has 3 heteroatoms. The first kappa shape index (κ1) is 18.1. The lowest BCUT2D eigenvalue weighted by molar-refractivity contribution is -0.114. The second-order valence-corrected chi connectivity index (χ2v) is 7.60. The smallest absolute Gasteiger partial charge is 0.159 e. The molecule has 2 aromatic carbocycles. The van der Waals surface area contributed by atoms with Crippen molar-refractivity contribution in [2.75, 3.05) is 0 Å². The van der Waals surface area contributed by atoms with Crippen molar-refractivity contribution in [2.45, 2.75) is 33.6 Å². The standard InChI is InChI=1S/C23H24NO2/c1-23(2,3)21(26)15-19(25)9-6-8-18-14-13-17-12-11-16-7-4-5-10-20(16)22(17)24-18/h4-7,10-15,26H,8-9H2,1-3H3. The van der Waals surface area contributed by atoms with Crippen LogP contribution in [0.3, 0.4) is 0 Å². The van der Waals surface area contributed by atoms with E-state index in [9.17, 15) is 9.90 Å². The van der Waals surface area contributed by atoms with Crippen LogP contribution in [0.15, 0.2) is 60.4 Å². The number of carbonyl (C=O) groups is 1. The van der Waals surface area contributed by atoms with E-state index in [1.807, 2.05) is 45.4 Å². The normalized spacial score (nSPS) is 12.7. The Morgan fingerprint density at radius 3 is 2.50 bits per heavy atom. The lowest BCUT2D eigenvalue weighted by atomic mass is 9.92. The number of rotatable bonds is 5. The molecule has 1 heterocycles. The van der Waals surface area contributed by atoms with Gasteiger partial charge < -0.3 is 5.11 Å². The van der Waals surface area contributed by atoms with Gasteiger partial charge in [0.05, 0.1) is 5.52 Å². The molecule has 0 amide bonds. The van der Waals surface area contributed by atoms with E-state index < -0.39 is 5.41 Å². The zero-order valence-electron chi connectivity index (χ0n) is 15.5. The average molecular weight is 346 g/mol. The summed E-state index contributed by atoms with van der Waals surface area (Å²) >= 11 is 0. The van der Waals surface area contributed by atoms with Crippen molar-refractivity contribution in [3.63, 3.8) is 0 Å². The van der Waals surface area contributed by atoms with Crippen molar-refractivity contribution >= 4 is 27.5 Å². The van der Waals surface area contributed by atoms with Crippen LogP contribution in [0, 0.1) is 11.8 Å². The SMILES string of the molecule is CC(C)(C)C(O)=CC(=O)C[CH]Cc1ccc2ccc3ccccc3c2n1. The number of aliphatic hydroxyl groups excluding tert-OH is 1. The molecule has 3 rings (SSSR count). The maximum atomic E-state index is 12.0. The number of aromatic nitrogens is 1. The number of nitrogens with zero attached hydrogens (tertiary/aromatic N) is 1. The van der Waals surface area contributed by atoms with Crippen LogP contribution in [-0.2, 0) is 11.2 Å². The Hall–Kier alpha value is -2.68. The van der Waals surface area contributed by atoms with Gasteiger partial charge in [0.2, 0.25) is 0 Å². The number of allylic oxidation sites excluding steroid dienone is 2. The van der Waals surface area contributed by atoms with Crippen LogP contribution in [0.2, 0.25) is 0 Å². The number of hydrogen-bond acceptors (Lipinski definition) is 3. The maximum absolute atomic E-state index is 12.0. The molecule has 1 aromatic heterocycles. The van der Waals surface area contributed by atoms with Crippen LogP contribution in [-0.4, -0.2) is 15.9 Å². The Balaban J connectivity index is 1.72. The molecule has 0 aliphatic rings. The van der Waals surface area contributed by atoms with E-state index >= 15 is 0 Å². The molecule has 0 fully saturated rings. The van der Waals surface area contributed by atoms with Crippen LogP contribution in [0.5, 0.6) is 0 Å². The van der Waals surface area contributed by atoms with Gasteiger partial charge in [-0.25, -0.2) is 0 Å². The number of benzene rings is 2. The fourth-order valence-corrected chi connectivity index (χ4v) is 2.80. The molecule has 133 valence electrons. The van der Waals surface area contributed by atoms with Gasteiger partial charge in [-0.15, -0.1) is 0 Å². The van der Waals surface area contributed by atoms with Crippen molar-refractivity contribution in [3.05, 3.63) is 72.5 Å². The van der Waals surface area contributed by atoms with E-state index in [4.69, 9.17) is 4.98 Å². The number of aliphatic hydroxyl groups is 1. The lowest BCUT2D eigenvalue weighted by Gasteiger charge is -2.16. The van der Waals surface area contributed by atoms with Gasteiger partial charge in [-0.2, -0.15) is 0 Å². The first-order chi connectivity index (χ1) is 12.3. The van der Waals surface area contributed by atoms with Gasteiger partial charge in [0.15, 0.2) is 5.78 Å². The highest BCUT2D eigenvalue weighted by Gasteiger charge is 2.17. The van der Waals surface area contributed by atoms with Crippen LogP contribution in [0.25, 0.3) is 21.7 Å². The van der Waals surface area contributed by atoms with Gasteiger partial charge in [-0.1, -0.05) is 63.2 Å². The lowest BCUT2D eigenvalue weighted by Crippen LogP contribution is -2.11. The highest BCUT2D eigenvalue weighted by molar-refractivity contribution is 6.05. The van der Waals surface area contributed by atoms with Crippen LogP contribution in [0.4, 0.5) is 0 Å². The number of ketones is 1. The summed E-state index contributed by atoms with van der Waals surface area (Å²) in [7, 11) is 0. The van der Waals surface area contributed by atoms with Gasteiger partial charge in [0, 0.05) is 34.4 Å². The molecule has 26 heavy (non-hydrogen) atoms. The Morgan fingerprint density at radius 2 is 1.73 bits per heavy atom. The average Bonchev–Trinajstić information content (AvgIpc) is 2.60. The molecule has 0 saturated heterocycles. The number of fused-ring (bicyclic) bond motifs is 3. The molecule has 3 aromatic rings. The highest BCUT2D eigenvalue weighted by atomic mass is 16.3. The molecule has 1 N–H and O–H groups in total. The van der Waals surface area contributed by atoms with E-state index in [0.29, 0.717) is 6.42 Å². The van der Waals surface area contributed by atoms with Crippen molar-refractivity contribution in [1.29, 1.82) is 0 Å². The first-order valence-electron chi connectivity index (χ1n) is 8.87. The summed E-state index contributed by atoms with van der Waals surface area (Å²) in [6.45, 7) is 5.62. The summed E-state index contributed by atoms with van der Waals surface area (Å²) in [6, 6.07) is 16.5. The summed E-state index contributed by atoms with van der Waals surface area (Å²) in [5.74, 6) is 0.0230. The van der Waals surface area contributed by atoms with E-state index in [1.54, 1.807) is 0 Å². The fourth-order valence-electron chi connectivity index (χ4n) is 2.80. The quantitative estimate of drug-likeness (QED) is 0.372. The summed E-state index contributed by atoms with van der Waals surface area (Å²) in [4.78, 5) is 16.8. The molecule has 0 bridgehead atoms. The molecule has 0 atom stereocenters. The minimum absolute atomic E-state index is 0.0938. The van der Waals surface area contributed by atoms with Crippen LogP contribution in [0.1, 0.15) is 32.9 Å². The molecular formula is C23H24NO2. The van der Waals surface area contributed by atoms with Crippen molar-refractivity contribution in [3.8, 4) is 0 Å². The van der Waals surface area contributed by atoms with Gasteiger partial charge in [-0.3, -0.25) is 9.78 Å². The van der Waals surface area contributed by atoms with Crippen LogP contribution < -0.4 is 0 Å². The molecule has 0 aliphatic carbocycles. The van der Waals surface area contributed by atoms with Gasteiger partial charge in [0.1, 0.15) is 5.76 Å². The summed E-state index contributed by atoms with van der Waals surface area (Å²) in [5.41, 5.74) is 1.52. The molecular weight excluding hydrogens is 322 g/mol. The third-order valence-electron chi connectivity index (χ3n) is 4.41. The summed E-state index contributed by atoms with van der Waals surface area (Å²) < 4.78 is 0. The third kappa shape index (κ3) is 4.10. The minimum atomic E-state index is -0.406. The molecule has 0 aliphatic heterocycles. The van der Waals surface area contributed by atoms with Crippen molar-refractivity contribution in [2.24, 2.45) is 5.41 Å². The van der Waals surface area contributed by atoms with Crippen LogP contribution >= 0.6 is 0 Å². The zero-order valence-corrected chi connectivity index (χ0v) is 15.5. The maximum Gasteiger partial charge on any atom is 0.159 e. The zero-order chi connectivity index (χ0) is 18.7. The molecule has 0 unspecified atom stereocenters. The van der Waals surface area contributed by atoms with Gasteiger partial charge >= 0.3 is 0 Å². The first-order valence-corrected chi connectivity index (χ1v) is 8.87. The predicted molar refractivity (Wildman–Crippen MR) is 107 cm³/mol. The Bertz CT molecular complexity index is 980. The van der Waals surface area contributed by atoms with E-state index in [0.717, 1.165) is 22.0 Å². The Labute approximate surface area is 154 Å². The monoisotopic (exact) mass is 346 g/mol. The van der Waals surface area contributed by atoms with E-state index in [1.165, 1.54) is 11.5 Å². The summed E-state index contributed by atoms with van der Waals surface area (Å²) in [6.07, 6.45) is 4.15. The van der Waals surface area contributed by atoms with Gasteiger partial charge in [0.25, 0.3) is 0 Å². The Morgan fingerprint density at radius 1 is 1.04 bits per heavy atom. The van der Waals surface area contributed by atoms with Gasteiger partial charge in [-0.05, 0) is 24.3 Å². The molecule has 1 radical (unpaired) electrons. The van der Waals surface area contributed by atoms with E-state index in [-0.39, 0.29) is 18.0 Å². The second-order valence-electron chi connectivity index (χ2n) is 7.60. The predicted octanol–water partition coefficient (Wildman–Crippen LogP) is 5.58. The number of pyridine rings is 1. The number of carbonyl (C=O) groups excluding carboxylic acids is 1. The number of hydrogen-bond donors (Lipinski definition) is 1. The second kappa shape index (κ2) is 7.28. The third-order valence-corrected chi connectivity index (χ3v) is 4.41. The molecule has 0 saturated carbocycles. The molecule has 0 spiro atoms. The van der Waals surface area contributed by atoms with Crippen molar-refractivity contribution in [1.82, 2.24) is 4.98 Å². The molecule has 3 nitrogen and oxygen atoms in total. The minimum Gasteiger partial charge on any atom is -0.512 e. The largest absolute Gasteiger partial charge is 0.512 e. The van der Waals surface area contributed by atoms with E-state index in [2.05, 4.69) is 30.3 Å². The Kier molecular flexibility index (Phi) is 5.08.